The van der Waals surface area contributed by atoms with E-state index in [1.165, 1.54) is 43.7 Å². The van der Waals surface area contributed by atoms with Crippen molar-refractivity contribution in [2.24, 2.45) is 5.92 Å². The van der Waals surface area contributed by atoms with Crippen LogP contribution in [0.1, 0.15) is 52.8 Å². The van der Waals surface area contributed by atoms with Crippen molar-refractivity contribution in [2.75, 3.05) is 26.7 Å². The Morgan fingerprint density at radius 3 is 2.35 bits per heavy atom. The van der Waals surface area contributed by atoms with Crippen molar-refractivity contribution in [3.8, 4) is 0 Å². The Kier molecular flexibility index (Phi) is 3.52. The van der Waals surface area contributed by atoms with Crippen LogP contribution in [0.25, 0.3) is 0 Å². The average Bonchev–Trinajstić information content (AvgIpc) is 2.80. The number of piperidine rings is 2. The zero-order valence-corrected chi connectivity index (χ0v) is 13.8. The molecule has 122 valence electrons. The minimum atomic E-state index is -0.0961. The molecule has 0 spiro atoms. The molecule has 2 saturated heterocycles. The van der Waals surface area contributed by atoms with Crippen molar-refractivity contribution in [3.05, 3.63) is 35.4 Å². The van der Waals surface area contributed by atoms with E-state index < -0.39 is 0 Å². The van der Waals surface area contributed by atoms with Crippen LogP contribution in [0.2, 0.25) is 0 Å². The van der Waals surface area contributed by atoms with Gasteiger partial charge in [0.05, 0.1) is 37.3 Å². The number of hydrogen-bond donors (Lipinski definition) is 0. The molecule has 0 aliphatic carbocycles. The minimum Gasteiger partial charge on any atom is -0.323 e. The van der Waals surface area contributed by atoms with E-state index in [9.17, 15) is 9.59 Å². The quantitative estimate of drug-likeness (QED) is 0.622. The molecule has 3 atom stereocenters. The number of carbonyl (C=O) groups is 2. The van der Waals surface area contributed by atoms with E-state index in [4.69, 9.17) is 0 Å². The zero-order valence-electron chi connectivity index (χ0n) is 13.8. The van der Waals surface area contributed by atoms with E-state index in [2.05, 4.69) is 7.05 Å². The first-order valence-corrected chi connectivity index (χ1v) is 8.89. The number of benzene rings is 1. The Labute approximate surface area is 137 Å². The SMILES string of the molecule is C[N@@+]12CCCC[C@@H]1[C@H](CN1C(=O)c3ccccc3C1=O)CCC2. The molecule has 3 aliphatic rings. The zero-order chi connectivity index (χ0) is 16.0. The fraction of sp³-hybridized carbons (Fsp3) is 0.579. The lowest BCUT2D eigenvalue weighted by Crippen LogP contribution is -2.62. The maximum Gasteiger partial charge on any atom is 0.261 e. The third-order valence-corrected chi connectivity index (χ3v) is 6.30. The number of nitrogens with zero attached hydrogens (tertiary/aromatic N) is 2. The van der Waals surface area contributed by atoms with Crippen LogP contribution in [0.4, 0.5) is 0 Å². The van der Waals surface area contributed by atoms with E-state index in [-0.39, 0.29) is 11.8 Å². The van der Waals surface area contributed by atoms with Crippen LogP contribution < -0.4 is 0 Å². The van der Waals surface area contributed by atoms with Crippen LogP contribution in [0, 0.1) is 5.92 Å². The summed E-state index contributed by atoms with van der Waals surface area (Å²) in [6.07, 6.45) is 6.20. The molecule has 0 bridgehead atoms. The molecule has 0 saturated carbocycles. The predicted molar refractivity (Wildman–Crippen MR) is 88.1 cm³/mol. The van der Waals surface area contributed by atoms with Crippen molar-refractivity contribution in [2.45, 2.75) is 38.1 Å². The highest BCUT2D eigenvalue weighted by atomic mass is 16.2. The maximum atomic E-state index is 12.6. The standard InChI is InChI=1S/C19H25N2O2/c1-21-11-5-4-10-17(21)14(7-6-12-21)13-20-18(22)15-8-2-3-9-16(15)19(20)23/h2-3,8-9,14,17H,4-7,10-13H2,1H3/q+1/t14-,17+,21-/m0/s1. The maximum absolute atomic E-state index is 12.6. The van der Waals surface area contributed by atoms with Gasteiger partial charge in [-0.1, -0.05) is 12.1 Å². The van der Waals surface area contributed by atoms with E-state index in [1.54, 1.807) is 12.1 Å². The number of carbonyl (C=O) groups excluding carboxylic acids is 2. The largest absolute Gasteiger partial charge is 0.323 e. The van der Waals surface area contributed by atoms with Crippen molar-refractivity contribution in [1.82, 2.24) is 4.90 Å². The highest BCUT2D eigenvalue weighted by molar-refractivity contribution is 6.21. The van der Waals surface area contributed by atoms with Crippen molar-refractivity contribution in [1.29, 1.82) is 0 Å². The highest BCUT2D eigenvalue weighted by Gasteiger charge is 2.46. The summed E-state index contributed by atoms with van der Waals surface area (Å²) in [5.74, 6) is 0.263. The van der Waals surface area contributed by atoms with Gasteiger partial charge in [-0.3, -0.25) is 14.5 Å². The first kappa shape index (κ1) is 14.9. The van der Waals surface area contributed by atoms with Crippen LogP contribution in [-0.4, -0.2) is 53.9 Å². The summed E-state index contributed by atoms with van der Waals surface area (Å²) < 4.78 is 1.15. The number of rotatable bonds is 2. The van der Waals surface area contributed by atoms with Crippen molar-refractivity contribution >= 4 is 11.8 Å². The second kappa shape index (κ2) is 5.45. The molecule has 4 nitrogen and oxygen atoms in total. The number of imide groups is 1. The first-order chi connectivity index (χ1) is 11.1. The topological polar surface area (TPSA) is 37.4 Å². The molecule has 2 amide bonds. The van der Waals surface area contributed by atoms with Crippen LogP contribution in [0.5, 0.6) is 0 Å². The second-order valence-electron chi connectivity index (χ2n) is 7.66. The van der Waals surface area contributed by atoms with E-state index in [0.29, 0.717) is 29.6 Å². The van der Waals surface area contributed by atoms with Gasteiger partial charge in [-0.2, -0.15) is 0 Å². The Morgan fingerprint density at radius 1 is 1.00 bits per heavy atom. The molecule has 1 aromatic rings. The molecule has 1 aromatic carbocycles. The molecule has 3 heterocycles. The van der Waals surface area contributed by atoms with Gasteiger partial charge in [-0.25, -0.2) is 0 Å². The highest BCUT2D eigenvalue weighted by Crippen LogP contribution is 2.37. The normalized spacial score (nSPS) is 33.5. The van der Waals surface area contributed by atoms with E-state index in [1.807, 2.05) is 12.1 Å². The third-order valence-electron chi connectivity index (χ3n) is 6.30. The molecular weight excluding hydrogens is 288 g/mol. The molecule has 3 aliphatic heterocycles. The van der Waals surface area contributed by atoms with E-state index >= 15 is 0 Å². The van der Waals surface area contributed by atoms with Gasteiger partial charge >= 0.3 is 0 Å². The fourth-order valence-electron chi connectivity index (χ4n) is 5.09. The second-order valence-corrected chi connectivity index (χ2v) is 7.66. The molecular formula is C19H25N2O2+. The fourth-order valence-corrected chi connectivity index (χ4v) is 5.09. The molecule has 4 heteroatoms. The number of amides is 2. The third kappa shape index (κ3) is 2.31. The van der Waals surface area contributed by atoms with Gasteiger partial charge in [0.15, 0.2) is 0 Å². The van der Waals surface area contributed by atoms with Gasteiger partial charge in [0.25, 0.3) is 11.8 Å². The summed E-state index contributed by atoms with van der Waals surface area (Å²) in [4.78, 5) is 26.8. The predicted octanol–water partition coefficient (Wildman–Crippen LogP) is 2.69. The Balaban J connectivity index is 1.57. The lowest BCUT2D eigenvalue weighted by Gasteiger charge is -2.51. The Morgan fingerprint density at radius 2 is 1.65 bits per heavy atom. The summed E-state index contributed by atoms with van der Waals surface area (Å²) in [6.45, 7) is 3.11. The Bertz CT molecular complexity index is 618. The van der Waals surface area contributed by atoms with Gasteiger partial charge in [0.2, 0.25) is 0 Å². The van der Waals surface area contributed by atoms with Gasteiger partial charge in [-0.15, -0.1) is 0 Å². The van der Waals surface area contributed by atoms with Gasteiger partial charge < -0.3 is 4.48 Å². The lowest BCUT2D eigenvalue weighted by atomic mass is 9.81. The minimum absolute atomic E-state index is 0.0961. The molecule has 23 heavy (non-hydrogen) atoms. The summed E-state index contributed by atoms with van der Waals surface area (Å²) in [7, 11) is 2.37. The monoisotopic (exact) mass is 313 g/mol. The van der Waals surface area contributed by atoms with Gasteiger partial charge in [0, 0.05) is 18.9 Å². The van der Waals surface area contributed by atoms with Crippen molar-refractivity contribution in [3.63, 3.8) is 0 Å². The Hall–Kier alpha value is -1.68. The van der Waals surface area contributed by atoms with Crippen LogP contribution in [0.15, 0.2) is 24.3 Å². The molecule has 0 unspecified atom stereocenters. The van der Waals surface area contributed by atoms with Gasteiger partial charge in [-0.05, 0) is 37.8 Å². The van der Waals surface area contributed by atoms with Crippen molar-refractivity contribution < 1.29 is 14.1 Å². The number of quaternary nitrogens is 1. The van der Waals surface area contributed by atoms with Crippen LogP contribution in [-0.2, 0) is 0 Å². The van der Waals surface area contributed by atoms with Crippen LogP contribution in [0.3, 0.4) is 0 Å². The van der Waals surface area contributed by atoms with Gasteiger partial charge in [0.1, 0.15) is 0 Å². The summed E-state index contributed by atoms with van der Waals surface area (Å²) in [5.41, 5.74) is 1.16. The lowest BCUT2D eigenvalue weighted by molar-refractivity contribution is -0.947. The molecule has 0 aromatic heterocycles. The smallest absolute Gasteiger partial charge is 0.261 e. The number of fused-ring (bicyclic) bond motifs is 2. The van der Waals surface area contributed by atoms with Crippen LogP contribution >= 0.6 is 0 Å². The summed E-state index contributed by atoms with van der Waals surface area (Å²) >= 11 is 0. The summed E-state index contributed by atoms with van der Waals surface area (Å²) in [5, 5.41) is 0. The molecule has 0 N–H and O–H groups in total. The molecule has 0 radical (unpaired) electrons. The molecule has 2 fully saturated rings. The first-order valence-electron chi connectivity index (χ1n) is 8.89. The number of hydrogen-bond acceptors (Lipinski definition) is 2. The molecule has 4 rings (SSSR count). The van der Waals surface area contributed by atoms with E-state index in [0.717, 1.165) is 10.9 Å². The summed E-state index contributed by atoms with van der Waals surface area (Å²) in [6, 6.07) is 7.84. The average molecular weight is 313 g/mol.